The van der Waals surface area contributed by atoms with Crippen LogP contribution in [0.4, 0.5) is 0 Å². The van der Waals surface area contributed by atoms with Crippen molar-refractivity contribution in [3.05, 3.63) is 70.7 Å². The summed E-state index contributed by atoms with van der Waals surface area (Å²) in [5, 5.41) is 3.94. The Kier molecular flexibility index (Phi) is 4.72. The monoisotopic (exact) mass is 273 g/mol. The fraction of sp³-hybridized carbons (Fsp3) is 0.188. The highest BCUT2D eigenvalue weighted by Crippen LogP contribution is 2.10. The number of benzene rings is 2. The molecular weight excluding hydrogens is 258 g/mol. The van der Waals surface area contributed by atoms with E-state index in [2.05, 4.69) is 5.32 Å². The van der Waals surface area contributed by atoms with Crippen molar-refractivity contribution in [1.82, 2.24) is 5.32 Å². The highest BCUT2D eigenvalue weighted by Gasteiger charge is 2.13. The second-order valence-corrected chi connectivity index (χ2v) is 4.90. The first-order valence-electron chi connectivity index (χ1n) is 6.24. The van der Waals surface area contributed by atoms with Crippen LogP contribution in [0, 0.1) is 0 Å². The van der Waals surface area contributed by atoms with Crippen LogP contribution in [-0.4, -0.2) is 11.8 Å². The third kappa shape index (κ3) is 3.91. The summed E-state index contributed by atoms with van der Waals surface area (Å²) < 4.78 is 0. The van der Waals surface area contributed by atoms with Gasteiger partial charge < -0.3 is 5.32 Å². The first kappa shape index (κ1) is 13.8. The van der Waals surface area contributed by atoms with Crippen LogP contribution < -0.4 is 5.32 Å². The first-order valence-corrected chi connectivity index (χ1v) is 6.61. The summed E-state index contributed by atoms with van der Waals surface area (Å²) in [7, 11) is 0. The van der Waals surface area contributed by atoms with E-state index >= 15 is 0 Å². The summed E-state index contributed by atoms with van der Waals surface area (Å²) in [6.07, 6.45) is 0. The van der Waals surface area contributed by atoms with Gasteiger partial charge in [-0.2, -0.15) is 0 Å². The summed E-state index contributed by atoms with van der Waals surface area (Å²) in [4.78, 5) is 12.1. The van der Waals surface area contributed by atoms with E-state index < -0.39 is 0 Å². The van der Waals surface area contributed by atoms with Gasteiger partial charge in [0, 0.05) is 17.1 Å². The number of carbonyl (C=O) groups excluding carboxylic acids is 1. The molecule has 0 aliphatic heterocycles. The molecule has 0 aromatic heterocycles. The van der Waals surface area contributed by atoms with Crippen molar-refractivity contribution in [3.8, 4) is 0 Å². The van der Waals surface area contributed by atoms with Crippen LogP contribution in [0.5, 0.6) is 0 Å². The second kappa shape index (κ2) is 6.50. The summed E-state index contributed by atoms with van der Waals surface area (Å²) in [5.41, 5.74) is 1.84. The van der Waals surface area contributed by atoms with E-state index in [1.807, 2.05) is 61.5 Å². The zero-order valence-electron chi connectivity index (χ0n) is 10.8. The van der Waals surface area contributed by atoms with Gasteiger partial charge in [0.2, 0.25) is 0 Å². The van der Waals surface area contributed by atoms with Gasteiger partial charge in [-0.1, -0.05) is 54.1 Å². The minimum Gasteiger partial charge on any atom is -0.303 e. The zero-order valence-corrected chi connectivity index (χ0v) is 11.5. The first-order chi connectivity index (χ1) is 9.16. The lowest BCUT2D eigenvalue weighted by atomic mass is 10.1. The molecule has 2 rings (SSSR count). The van der Waals surface area contributed by atoms with E-state index in [0.29, 0.717) is 6.54 Å². The van der Waals surface area contributed by atoms with Crippen LogP contribution in [0.2, 0.25) is 5.02 Å². The average Bonchev–Trinajstić information content (AvgIpc) is 2.46. The summed E-state index contributed by atoms with van der Waals surface area (Å²) in [6, 6.07) is 16.7. The van der Waals surface area contributed by atoms with Crippen molar-refractivity contribution < 1.29 is 4.79 Å². The van der Waals surface area contributed by atoms with Gasteiger partial charge in [-0.3, -0.25) is 4.79 Å². The molecule has 0 saturated heterocycles. The predicted octanol–water partition coefficient (Wildman–Crippen LogP) is 3.70. The number of Topliss-reactive ketones (excluding diaryl/α,β-unsaturated/α-hetero) is 1. The molecule has 0 bridgehead atoms. The van der Waals surface area contributed by atoms with E-state index in [1.165, 1.54) is 0 Å². The standard InChI is InChI=1S/C16H16ClNO/c1-12(16(19)14-5-3-2-4-6-14)18-11-13-7-9-15(17)10-8-13/h2-10,12,18H,11H2,1H3. The van der Waals surface area contributed by atoms with Crippen LogP contribution in [0.1, 0.15) is 22.8 Å². The Labute approximate surface area is 118 Å². The van der Waals surface area contributed by atoms with Crippen LogP contribution in [-0.2, 0) is 6.54 Å². The number of carbonyl (C=O) groups is 1. The fourth-order valence-electron chi connectivity index (χ4n) is 1.82. The van der Waals surface area contributed by atoms with Gasteiger partial charge in [-0.05, 0) is 24.6 Å². The largest absolute Gasteiger partial charge is 0.303 e. The maximum atomic E-state index is 12.1. The van der Waals surface area contributed by atoms with Gasteiger partial charge in [-0.25, -0.2) is 0 Å². The molecule has 1 N–H and O–H groups in total. The van der Waals surface area contributed by atoms with Crippen molar-refractivity contribution in [2.75, 3.05) is 0 Å². The number of nitrogens with one attached hydrogen (secondary N) is 1. The van der Waals surface area contributed by atoms with Crippen molar-refractivity contribution >= 4 is 17.4 Å². The molecule has 0 fully saturated rings. The smallest absolute Gasteiger partial charge is 0.179 e. The fourth-order valence-corrected chi connectivity index (χ4v) is 1.94. The maximum absolute atomic E-state index is 12.1. The summed E-state index contributed by atoms with van der Waals surface area (Å²) in [6.45, 7) is 2.53. The molecule has 0 heterocycles. The lowest BCUT2D eigenvalue weighted by molar-refractivity contribution is 0.0950. The predicted molar refractivity (Wildman–Crippen MR) is 78.5 cm³/mol. The molecule has 0 amide bonds. The van der Waals surface area contributed by atoms with Crippen LogP contribution >= 0.6 is 11.6 Å². The Hall–Kier alpha value is -1.64. The molecule has 3 heteroatoms. The van der Waals surface area contributed by atoms with E-state index in [1.54, 1.807) is 0 Å². The second-order valence-electron chi connectivity index (χ2n) is 4.46. The Balaban J connectivity index is 1.92. The van der Waals surface area contributed by atoms with E-state index in [4.69, 9.17) is 11.6 Å². The Morgan fingerprint density at radius 3 is 2.37 bits per heavy atom. The summed E-state index contributed by atoms with van der Waals surface area (Å²) in [5.74, 6) is 0.106. The van der Waals surface area contributed by atoms with E-state index in [9.17, 15) is 4.79 Å². The molecule has 0 spiro atoms. The normalized spacial score (nSPS) is 12.1. The van der Waals surface area contributed by atoms with Crippen molar-refractivity contribution in [1.29, 1.82) is 0 Å². The van der Waals surface area contributed by atoms with E-state index in [-0.39, 0.29) is 11.8 Å². The molecule has 1 unspecified atom stereocenters. The SMILES string of the molecule is CC(NCc1ccc(Cl)cc1)C(=O)c1ccccc1. The van der Waals surface area contributed by atoms with Crippen LogP contribution in [0.3, 0.4) is 0 Å². The zero-order chi connectivity index (χ0) is 13.7. The van der Waals surface area contributed by atoms with Gasteiger partial charge in [0.05, 0.1) is 6.04 Å². The molecule has 0 radical (unpaired) electrons. The van der Waals surface area contributed by atoms with Crippen LogP contribution in [0.15, 0.2) is 54.6 Å². The third-order valence-electron chi connectivity index (χ3n) is 2.98. The summed E-state index contributed by atoms with van der Waals surface area (Å²) >= 11 is 5.83. The highest BCUT2D eigenvalue weighted by atomic mass is 35.5. The molecular formula is C16H16ClNO. The lowest BCUT2D eigenvalue weighted by Gasteiger charge is -2.13. The highest BCUT2D eigenvalue weighted by molar-refractivity contribution is 6.30. The number of rotatable bonds is 5. The van der Waals surface area contributed by atoms with Crippen molar-refractivity contribution in [3.63, 3.8) is 0 Å². The average molecular weight is 274 g/mol. The van der Waals surface area contributed by atoms with Crippen molar-refractivity contribution in [2.45, 2.75) is 19.5 Å². The Morgan fingerprint density at radius 2 is 1.74 bits per heavy atom. The van der Waals surface area contributed by atoms with Gasteiger partial charge in [0.25, 0.3) is 0 Å². The van der Waals surface area contributed by atoms with Crippen molar-refractivity contribution in [2.24, 2.45) is 0 Å². The van der Waals surface area contributed by atoms with Gasteiger partial charge in [0.15, 0.2) is 5.78 Å². The molecule has 19 heavy (non-hydrogen) atoms. The molecule has 0 aliphatic rings. The molecule has 2 nitrogen and oxygen atoms in total. The van der Waals surface area contributed by atoms with E-state index in [0.717, 1.165) is 16.1 Å². The quantitative estimate of drug-likeness (QED) is 0.842. The number of halogens is 1. The number of ketones is 1. The van der Waals surface area contributed by atoms with Gasteiger partial charge in [0.1, 0.15) is 0 Å². The lowest BCUT2D eigenvalue weighted by Crippen LogP contribution is -2.33. The van der Waals surface area contributed by atoms with Gasteiger partial charge >= 0.3 is 0 Å². The Bertz CT molecular complexity index is 536. The molecule has 0 saturated carbocycles. The number of hydrogen-bond donors (Lipinski definition) is 1. The molecule has 98 valence electrons. The molecule has 0 aliphatic carbocycles. The van der Waals surface area contributed by atoms with Crippen LogP contribution in [0.25, 0.3) is 0 Å². The minimum atomic E-state index is -0.210. The minimum absolute atomic E-state index is 0.106. The van der Waals surface area contributed by atoms with Gasteiger partial charge in [-0.15, -0.1) is 0 Å². The topological polar surface area (TPSA) is 29.1 Å². The Morgan fingerprint density at radius 1 is 1.11 bits per heavy atom. The number of hydrogen-bond acceptors (Lipinski definition) is 2. The molecule has 1 atom stereocenters. The molecule has 2 aromatic rings. The molecule has 2 aromatic carbocycles. The third-order valence-corrected chi connectivity index (χ3v) is 3.23. The maximum Gasteiger partial charge on any atom is 0.179 e.